The molecular formula is C14H28N2O. The summed E-state index contributed by atoms with van der Waals surface area (Å²) in [6.45, 7) is 8.99. The lowest BCUT2D eigenvalue weighted by molar-refractivity contribution is 0.0358. The number of rotatable bonds is 4. The second kappa shape index (κ2) is 5.68. The van der Waals surface area contributed by atoms with Gasteiger partial charge in [0.2, 0.25) is 0 Å². The minimum Gasteiger partial charge on any atom is -0.383 e. The SMILES string of the molecule is COCCN1CC2(CCCC2)NCC1C(C)C. The van der Waals surface area contributed by atoms with Gasteiger partial charge in [-0.25, -0.2) is 0 Å². The van der Waals surface area contributed by atoms with Gasteiger partial charge in [0, 0.05) is 38.3 Å². The van der Waals surface area contributed by atoms with Gasteiger partial charge in [0.1, 0.15) is 0 Å². The summed E-state index contributed by atoms with van der Waals surface area (Å²) in [4.78, 5) is 2.66. The van der Waals surface area contributed by atoms with E-state index >= 15 is 0 Å². The monoisotopic (exact) mass is 240 g/mol. The zero-order valence-corrected chi connectivity index (χ0v) is 11.7. The van der Waals surface area contributed by atoms with Crippen molar-refractivity contribution in [3.63, 3.8) is 0 Å². The Bertz CT molecular complexity index is 236. The molecule has 0 aromatic carbocycles. The van der Waals surface area contributed by atoms with Crippen molar-refractivity contribution in [3.05, 3.63) is 0 Å². The van der Waals surface area contributed by atoms with Gasteiger partial charge >= 0.3 is 0 Å². The molecule has 0 amide bonds. The molecule has 1 N–H and O–H groups in total. The number of piperazine rings is 1. The van der Waals surface area contributed by atoms with E-state index in [4.69, 9.17) is 4.74 Å². The zero-order valence-electron chi connectivity index (χ0n) is 11.7. The topological polar surface area (TPSA) is 24.5 Å². The highest BCUT2D eigenvalue weighted by molar-refractivity contribution is 5.01. The quantitative estimate of drug-likeness (QED) is 0.812. The zero-order chi connectivity index (χ0) is 12.3. The van der Waals surface area contributed by atoms with E-state index in [0.717, 1.165) is 25.6 Å². The van der Waals surface area contributed by atoms with Crippen molar-refractivity contribution in [1.82, 2.24) is 10.2 Å². The van der Waals surface area contributed by atoms with Crippen molar-refractivity contribution in [2.45, 2.75) is 51.1 Å². The molecule has 1 aliphatic heterocycles. The minimum atomic E-state index is 0.430. The van der Waals surface area contributed by atoms with E-state index in [-0.39, 0.29) is 0 Å². The normalized spacial score (nSPS) is 29.3. The number of hydrogen-bond donors (Lipinski definition) is 1. The highest BCUT2D eigenvalue weighted by Gasteiger charge is 2.41. The molecule has 1 aliphatic carbocycles. The van der Waals surface area contributed by atoms with Crippen molar-refractivity contribution in [2.75, 3.05) is 33.4 Å². The fourth-order valence-electron chi connectivity index (χ4n) is 3.51. The molecule has 3 heteroatoms. The summed E-state index contributed by atoms with van der Waals surface area (Å²) in [7, 11) is 1.80. The van der Waals surface area contributed by atoms with E-state index in [1.54, 1.807) is 7.11 Å². The van der Waals surface area contributed by atoms with Crippen LogP contribution in [0.2, 0.25) is 0 Å². The van der Waals surface area contributed by atoms with Crippen LogP contribution >= 0.6 is 0 Å². The van der Waals surface area contributed by atoms with E-state index < -0.39 is 0 Å². The lowest BCUT2D eigenvalue weighted by Crippen LogP contribution is -2.64. The maximum absolute atomic E-state index is 5.26. The first-order valence-electron chi connectivity index (χ1n) is 7.15. The third kappa shape index (κ3) is 3.01. The minimum absolute atomic E-state index is 0.430. The van der Waals surface area contributed by atoms with Crippen LogP contribution in [-0.2, 0) is 4.74 Å². The number of methoxy groups -OCH3 is 1. The van der Waals surface area contributed by atoms with Crippen LogP contribution in [0.1, 0.15) is 39.5 Å². The fourth-order valence-corrected chi connectivity index (χ4v) is 3.51. The predicted molar refractivity (Wildman–Crippen MR) is 71.3 cm³/mol. The van der Waals surface area contributed by atoms with Gasteiger partial charge in [-0.1, -0.05) is 26.7 Å². The molecule has 2 fully saturated rings. The molecule has 0 radical (unpaired) electrons. The van der Waals surface area contributed by atoms with Crippen LogP contribution < -0.4 is 5.32 Å². The molecule has 1 saturated heterocycles. The van der Waals surface area contributed by atoms with E-state index in [1.165, 1.54) is 32.2 Å². The van der Waals surface area contributed by atoms with Crippen LogP contribution in [0.15, 0.2) is 0 Å². The van der Waals surface area contributed by atoms with Crippen LogP contribution in [-0.4, -0.2) is 49.8 Å². The van der Waals surface area contributed by atoms with Crippen molar-refractivity contribution < 1.29 is 4.74 Å². The van der Waals surface area contributed by atoms with Gasteiger partial charge in [0.15, 0.2) is 0 Å². The Morgan fingerprint density at radius 2 is 2.06 bits per heavy atom. The standard InChI is InChI=1S/C14H28N2O/c1-12(2)13-10-15-14(6-4-5-7-14)11-16(13)8-9-17-3/h12-13,15H,4-11H2,1-3H3. The summed E-state index contributed by atoms with van der Waals surface area (Å²) in [5, 5.41) is 3.85. The maximum Gasteiger partial charge on any atom is 0.0589 e. The summed E-state index contributed by atoms with van der Waals surface area (Å²) < 4.78 is 5.26. The smallest absolute Gasteiger partial charge is 0.0589 e. The first-order chi connectivity index (χ1) is 8.17. The Balaban J connectivity index is 1.98. The van der Waals surface area contributed by atoms with Crippen molar-refractivity contribution in [2.24, 2.45) is 5.92 Å². The molecule has 0 aromatic rings. The van der Waals surface area contributed by atoms with Crippen LogP contribution in [0, 0.1) is 5.92 Å². The number of ether oxygens (including phenoxy) is 1. The highest BCUT2D eigenvalue weighted by Crippen LogP contribution is 2.34. The summed E-state index contributed by atoms with van der Waals surface area (Å²) in [5.74, 6) is 0.720. The number of nitrogens with zero attached hydrogens (tertiary/aromatic N) is 1. The molecule has 2 aliphatic rings. The number of hydrogen-bond acceptors (Lipinski definition) is 3. The number of nitrogens with one attached hydrogen (secondary N) is 1. The lowest BCUT2D eigenvalue weighted by Gasteiger charge is -2.47. The molecule has 1 unspecified atom stereocenters. The molecule has 0 bridgehead atoms. The Morgan fingerprint density at radius 1 is 1.35 bits per heavy atom. The van der Waals surface area contributed by atoms with Gasteiger partial charge in [0.25, 0.3) is 0 Å². The van der Waals surface area contributed by atoms with E-state index in [2.05, 4.69) is 24.1 Å². The van der Waals surface area contributed by atoms with E-state index in [0.29, 0.717) is 11.6 Å². The molecule has 1 atom stereocenters. The third-order valence-electron chi connectivity index (χ3n) is 4.57. The van der Waals surface area contributed by atoms with Crippen molar-refractivity contribution in [1.29, 1.82) is 0 Å². The van der Waals surface area contributed by atoms with Gasteiger partial charge < -0.3 is 10.1 Å². The van der Waals surface area contributed by atoms with Gasteiger partial charge in [-0.05, 0) is 18.8 Å². The molecule has 0 aromatic heterocycles. The van der Waals surface area contributed by atoms with Gasteiger partial charge in [-0.2, -0.15) is 0 Å². The first-order valence-corrected chi connectivity index (χ1v) is 7.15. The molecule has 1 spiro atoms. The summed E-state index contributed by atoms with van der Waals surface area (Å²) in [6, 6.07) is 0.677. The molecule has 3 nitrogen and oxygen atoms in total. The fraction of sp³-hybridized carbons (Fsp3) is 1.00. The summed E-state index contributed by atoms with van der Waals surface area (Å²) >= 11 is 0. The Labute approximate surface area is 106 Å². The molecule has 1 heterocycles. The highest BCUT2D eigenvalue weighted by atomic mass is 16.5. The van der Waals surface area contributed by atoms with Crippen LogP contribution in [0.25, 0.3) is 0 Å². The molecular weight excluding hydrogens is 212 g/mol. The molecule has 2 rings (SSSR count). The van der Waals surface area contributed by atoms with Crippen molar-refractivity contribution >= 4 is 0 Å². The van der Waals surface area contributed by atoms with Gasteiger partial charge in [-0.15, -0.1) is 0 Å². The van der Waals surface area contributed by atoms with Crippen LogP contribution in [0.3, 0.4) is 0 Å². The van der Waals surface area contributed by atoms with Crippen LogP contribution in [0.4, 0.5) is 0 Å². The molecule has 17 heavy (non-hydrogen) atoms. The average Bonchev–Trinajstić information content (AvgIpc) is 2.74. The molecule has 1 saturated carbocycles. The first kappa shape index (κ1) is 13.3. The summed E-state index contributed by atoms with van der Waals surface area (Å²) in [6.07, 6.45) is 5.53. The summed E-state index contributed by atoms with van der Waals surface area (Å²) in [5.41, 5.74) is 0.430. The Kier molecular flexibility index (Phi) is 4.45. The van der Waals surface area contributed by atoms with Crippen LogP contribution in [0.5, 0.6) is 0 Å². The van der Waals surface area contributed by atoms with E-state index in [1.807, 2.05) is 0 Å². The largest absolute Gasteiger partial charge is 0.383 e. The average molecular weight is 240 g/mol. The van der Waals surface area contributed by atoms with Gasteiger partial charge in [0.05, 0.1) is 6.61 Å². The lowest BCUT2D eigenvalue weighted by atomic mass is 9.89. The maximum atomic E-state index is 5.26. The molecule has 100 valence electrons. The Hall–Kier alpha value is -0.120. The Morgan fingerprint density at radius 3 is 2.65 bits per heavy atom. The second-order valence-corrected chi connectivity index (χ2v) is 6.14. The van der Waals surface area contributed by atoms with E-state index in [9.17, 15) is 0 Å². The van der Waals surface area contributed by atoms with Crippen molar-refractivity contribution in [3.8, 4) is 0 Å². The predicted octanol–water partition coefficient (Wildman–Crippen LogP) is 1.88. The second-order valence-electron chi connectivity index (χ2n) is 6.14. The van der Waals surface area contributed by atoms with Gasteiger partial charge in [-0.3, -0.25) is 4.90 Å². The third-order valence-corrected chi connectivity index (χ3v) is 4.57.